The molecule has 1 aromatic heterocycles. The Kier molecular flexibility index (Phi) is 9.15. The van der Waals surface area contributed by atoms with Gasteiger partial charge in [-0.2, -0.15) is 0 Å². The zero-order chi connectivity index (χ0) is 32.9. The van der Waals surface area contributed by atoms with Crippen LogP contribution in [0.2, 0.25) is 0 Å². The molecule has 1 fully saturated rings. The predicted molar refractivity (Wildman–Crippen MR) is 185 cm³/mol. The SMILES string of the molecule is C[C@@H]1[C@H](Cn2cnc3ccccc32)O[C@H](c2ccc(NC(=O)Nc3ccc(Oc4ccccc4)cc3)cc2)O[C@@H]1c1ccc(CO)cc1. The fourth-order valence-electron chi connectivity index (χ4n) is 5.93. The van der Waals surface area contributed by atoms with E-state index in [1.807, 2.05) is 103 Å². The van der Waals surface area contributed by atoms with Crippen LogP contribution in [0.15, 0.2) is 134 Å². The van der Waals surface area contributed by atoms with E-state index >= 15 is 0 Å². The number of anilines is 2. The van der Waals surface area contributed by atoms with E-state index in [-0.39, 0.29) is 30.8 Å². The molecule has 3 N–H and O–H groups in total. The van der Waals surface area contributed by atoms with Gasteiger partial charge in [-0.1, -0.05) is 73.7 Å². The van der Waals surface area contributed by atoms with Crippen LogP contribution >= 0.6 is 0 Å². The maximum absolute atomic E-state index is 12.8. The quantitative estimate of drug-likeness (QED) is 0.146. The minimum Gasteiger partial charge on any atom is -0.457 e. The van der Waals surface area contributed by atoms with Crippen molar-refractivity contribution < 1.29 is 24.1 Å². The molecule has 0 radical (unpaired) electrons. The summed E-state index contributed by atoms with van der Waals surface area (Å²) in [7, 11) is 0. The number of ether oxygens (including phenoxy) is 3. The number of fused-ring (bicyclic) bond motifs is 1. The highest BCUT2D eigenvalue weighted by Gasteiger charge is 2.38. The smallest absolute Gasteiger partial charge is 0.323 e. The fourth-order valence-corrected chi connectivity index (χ4v) is 5.93. The molecule has 7 rings (SSSR count). The first-order valence-corrected chi connectivity index (χ1v) is 15.9. The van der Waals surface area contributed by atoms with Crippen LogP contribution in [0.25, 0.3) is 11.0 Å². The molecule has 1 saturated heterocycles. The zero-order valence-corrected chi connectivity index (χ0v) is 26.4. The maximum Gasteiger partial charge on any atom is 0.323 e. The minimum atomic E-state index is -0.636. The molecule has 5 aromatic carbocycles. The largest absolute Gasteiger partial charge is 0.457 e. The highest BCUT2D eigenvalue weighted by atomic mass is 16.7. The number of urea groups is 1. The second kappa shape index (κ2) is 14.1. The first-order valence-electron chi connectivity index (χ1n) is 15.9. The van der Waals surface area contributed by atoms with Gasteiger partial charge in [0.05, 0.1) is 42.7 Å². The van der Waals surface area contributed by atoms with Crippen molar-refractivity contribution in [2.45, 2.75) is 38.6 Å². The van der Waals surface area contributed by atoms with E-state index in [2.05, 4.69) is 33.2 Å². The Morgan fingerprint density at radius 1 is 0.771 bits per heavy atom. The minimum absolute atomic E-state index is 0.0160. The molecule has 0 bridgehead atoms. The Balaban J connectivity index is 1.04. The van der Waals surface area contributed by atoms with Crippen molar-refractivity contribution in [3.8, 4) is 11.5 Å². The van der Waals surface area contributed by atoms with E-state index in [1.54, 1.807) is 24.3 Å². The standard InChI is InChI=1S/C39H36N4O5/c1-26-36(23-43-25-40-34-9-5-6-10-35(34)43)47-38(48-37(26)28-13-11-27(24-44)12-14-28)29-15-17-30(18-16-29)41-39(45)42-31-19-21-33(22-20-31)46-32-7-3-2-4-8-32/h2-22,25-26,36-38,44H,23-24H2,1H3,(H2,41,42,45)/t26-,36+,37+,38+/m1/s1. The van der Waals surface area contributed by atoms with Crippen molar-refractivity contribution in [2.24, 2.45) is 5.92 Å². The summed E-state index contributed by atoms with van der Waals surface area (Å²) in [5.41, 5.74) is 5.94. The van der Waals surface area contributed by atoms with Crippen LogP contribution in [-0.4, -0.2) is 26.8 Å². The molecule has 1 aliphatic rings. The van der Waals surface area contributed by atoms with Gasteiger partial charge in [0.2, 0.25) is 0 Å². The Labute approximate surface area is 278 Å². The van der Waals surface area contributed by atoms with Gasteiger partial charge in [-0.05, 0) is 71.8 Å². The number of benzene rings is 5. The molecular formula is C39H36N4O5. The molecule has 6 aromatic rings. The lowest BCUT2D eigenvalue weighted by atomic mass is 9.90. The van der Waals surface area contributed by atoms with Crippen molar-refractivity contribution in [3.63, 3.8) is 0 Å². The Hall–Kier alpha value is -5.48. The van der Waals surface area contributed by atoms with Crippen LogP contribution in [0.5, 0.6) is 11.5 Å². The molecule has 2 amide bonds. The first-order chi connectivity index (χ1) is 23.5. The van der Waals surface area contributed by atoms with E-state index in [1.165, 1.54) is 0 Å². The van der Waals surface area contributed by atoms with Crippen molar-refractivity contribution in [1.29, 1.82) is 0 Å². The summed E-state index contributed by atoms with van der Waals surface area (Å²) in [6.45, 7) is 2.73. The first kappa shape index (κ1) is 31.1. The van der Waals surface area contributed by atoms with Crippen LogP contribution in [0, 0.1) is 5.92 Å². The lowest BCUT2D eigenvalue weighted by Gasteiger charge is -2.41. The Morgan fingerprint density at radius 2 is 1.40 bits per heavy atom. The van der Waals surface area contributed by atoms with Crippen LogP contribution in [0.3, 0.4) is 0 Å². The number of aliphatic hydroxyl groups is 1. The summed E-state index contributed by atoms with van der Waals surface area (Å²) >= 11 is 0. The van der Waals surface area contributed by atoms with E-state index in [0.29, 0.717) is 23.7 Å². The van der Waals surface area contributed by atoms with Crippen LogP contribution in [0.4, 0.5) is 16.2 Å². The number of para-hydroxylation sites is 3. The van der Waals surface area contributed by atoms with E-state index in [0.717, 1.165) is 33.5 Å². The summed E-state index contributed by atoms with van der Waals surface area (Å²) in [5, 5.41) is 15.3. The third kappa shape index (κ3) is 7.08. The number of nitrogens with one attached hydrogen (secondary N) is 2. The summed E-state index contributed by atoms with van der Waals surface area (Å²) in [6, 6.07) is 39.7. The highest BCUT2D eigenvalue weighted by Crippen LogP contribution is 2.42. The van der Waals surface area contributed by atoms with Crippen molar-refractivity contribution in [1.82, 2.24) is 9.55 Å². The molecular weight excluding hydrogens is 604 g/mol. The summed E-state index contributed by atoms with van der Waals surface area (Å²) in [5.74, 6) is 1.44. The predicted octanol–water partition coefficient (Wildman–Crippen LogP) is 8.46. The van der Waals surface area contributed by atoms with Gasteiger partial charge in [0.1, 0.15) is 11.5 Å². The van der Waals surface area contributed by atoms with Crippen LogP contribution in [-0.2, 0) is 22.6 Å². The highest BCUT2D eigenvalue weighted by molar-refractivity contribution is 5.99. The molecule has 4 atom stereocenters. The molecule has 0 spiro atoms. The molecule has 48 heavy (non-hydrogen) atoms. The van der Waals surface area contributed by atoms with Crippen LogP contribution < -0.4 is 15.4 Å². The average Bonchev–Trinajstić information content (AvgIpc) is 3.53. The number of amides is 2. The van der Waals surface area contributed by atoms with Crippen molar-refractivity contribution in [3.05, 3.63) is 150 Å². The summed E-state index contributed by atoms with van der Waals surface area (Å²) < 4.78 is 21.2. The van der Waals surface area contributed by atoms with Gasteiger partial charge in [-0.25, -0.2) is 9.78 Å². The molecule has 2 heterocycles. The zero-order valence-electron chi connectivity index (χ0n) is 26.4. The van der Waals surface area contributed by atoms with Gasteiger partial charge in [0.15, 0.2) is 6.29 Å². The molecule has 9 heteroatoms. The topological polar surface area (TPSA) is 107 Å². The average molecular weight is 641 g/mol. The normalized spacial score (nSPS) is 19.1. The van der Waals surface area contributed by atoms with Crippen molar-refractivity contribution >= 4 is 28.4 Å². The number of hydrogen-bond donors (Lipinski definition) is 3. The Bertz CT molecular complexity index is 1960. The third-order valence-corrected chi connectivity index (χ3v) is 8.56. The lowest BCUT2D eigenvalue weighted by molar-refractivity contribution is -0.276. The van der Waals surface area contributed by atoms with Crippen molar-refractivity contribution in [2.75, 3.05) is 10.6 Å². The number of nitrogens with zero attached hydrogens (tertiary/aromatic N) is 2. The van der Waals surface area contributed by atoms with Gasteiger partial charge in [-0.3, -0.25) is 0 Å². The summed E-state index contributed by atoms with van der Waals surface area (Å²) in [4.78, 5) is 17.4. The number of imidazole rings is 1. The van der Waals surface area contributed by atoms with Gasteiger partial charge in [0, 0.05) is 22.9 Å². The van der Waals surface area contributed by atoms with E-state index < -0.39 is 6.29 Å². The Morgan fingerprint density at radius 3 is 2.10 bits per heavy atom. The number of rotatable bonds is 9. The number of hydrogen-bond acceptors (Lipinski definition) is 6. The lowest BCUT2D eigenvalue weighted by Crippen LogP contribution is -2.39. The van der Waals surface area contributed by atoms with E-state index in [9.17, 15) is 9.90 Å². The second-order valence-electron chi connectivity index (χ2n) is 11.8. The molecule has 0 unspecified atom stereocenters. The molecule has 0 saturated carbocycles. The molecule has 0 aliphatic carbocycles. The molecule has 9 nitrogen and oxygen atoms in total. The van der Waals surface area contributed by atoms with E-state index in [4.69, 9.17) is 14.2 Å². The van der Waals surface area contributed by atoms with Gasteiger partial charge in [-0.15, -0.1) is 0 Å². The van der Waals surface area contributed by atoms with Gasteiger partial charge >= 0.3 is 6.03 Å². The maximum atomic E-state index is 12.8. The third-order valence-electron chi connectivity index (χ3n) is 8.56. The number of aromatic nitrogens is 2. The molecule has 242 valence electrons. The van der Waals surface area contributed by atoms with Gasteiger partial charge < -0.3 is 34.5 Å². The van der Waals surface area contributed by atoms with Crippen LogP contribution in [0.1, 0.15) is 36.0 Å². The monoisotopic (exact) mass is 640 g/mol. The van der Waals surface area contributed by atoms with Gasteiger partial charge in [0.25, 0.3) is 0 Å². The number of carbonyl (C=O) groups excluding carboxylic acids is 1. The molecule has 1 aliphatic heterocycles. The number of aliphatic hydroxyl groups excluding tert-OH is 1. The second-order valence-corrected chi connectivity index (χ2v) is 11.8. The number of carbonyl (C=O) groups is 1. The summed E-state index contributed by atoms with van der Waals surface area (Å²) in [6.07, 6.45) is 0.790. The fraction of sp³-hybridized carbons (Fsp3) is 0.179.